The predicted molar refractivity (Wildman–Crippen MR) is 81.0 cm³/mol. The summed E-state index contributed by atoms with van der Waals surface area (Å²) in [6, 6.07) is 0. The van der Waals surface area contributed by atoms with E-state index in [9.17, 15) is 9.59 Å². The van der Waals surface area contributed by atoms with Crippen LogP contribution in [0.5, 0.6) is 0 Å². The molecule has 7 heteroatoms. The number of carboxylic acid groups (broad SMARTS) is 1. The highest BCUT2D eigenvalue weighted by molar-refractivity contribution is 7.09. The standard InChI is InChI=1S/C15H20N2O4S/c18-12(19)8-15(5-1-2-6-15)17-13(20)10-9-22-14(16-10)11-4-3-7-21-11/h9,11H,1-8H2,(H,17,20)(H,18,19). The van der Waals surface area contributed by atoms with Gasteiger partial charge in [-0.2, -0.15) is 0 Å². The molecule has 120 valence electrons. The maximum Gasteiger partial charge on any atom is 0.305 e. The van der Waals surface area contributed by atoms with Crippen LogP contribution in [0.4, 0.5) is 0 Å². The lowest BCUT2D eigenvalue weighted by Crippen LogP contribution is -2.47. The summed E-state index contributed by atoms with van der Waals surface area (Å²) in [6.45, 7) is 0.744. The second kappa shape index (κ2) is 6.34. The number of nitrogens with zero attached hydrogens (tertiary/aromatic N) is 1. The van der Waals surface area contributed by atoms with Gasteiger partial charge >= 0.3 is 5.97 Å². The van der Waals surface area contributed by atoms with Gasteiger partial charge in [-0.1, -0.05) is 12.8 Å². The van der Waals surface area contributed by atoms with Gasteiger partial charge in [0.1, 0.15) is 16.8 Å². The summed E-state index contributed by atoms with van der Waals surface area (Å²) < 4.78 is 5.58. The maximum atomic E-state index is 12.4. The third-order valence-electron chi connectivity index (χ3n) is 4.39. The Bertz CT molecular complexity index is 560. The van der Waals surface area contributed by atoms with Gasteiger partial charge in [-0.3, -0.25) is 9.59 Å². The lowest BCUT2D eigenvalue weighted by molar-refractivity contribution is -0.138. The molecule has 1 atom stereocenters. The Morgan fingerprint density at radius 3 is 2.82 bits per heavy atom. The number of carbonyl (C=O) groups excluding carboxylic acids is 1. The molecular formula is C15H20N2O4S. The summed E-state index contributed by atoms with van der Waals surface area (Å²) >= 11 is 1.43. The number of carboxylic acids is 1. The fraction of sp³-hybridized carbons (Fsp3) is 0.667. The van der Waals surface area contributed by atoms with Gasteiger partial charge in [0.25, 0.3) is 5.91 Å². The number of nitrogens with one attached hydrogen (secondary N) is 1. The Labute approximate surface area is 132 Å². The summed E-state index contributed by atoms with van der Waals surface area (Å²) in [4.78, 5) is 27.9. The number of amides is 1. The van der Waals surface area contributed by atoms with Gasteiger partial charge in [-0.05, 0) is 25.7 Å². The fourth-order valence-electron chi connectivity index (χ4n) is 3.30. The lowest BCUT2D eigenvalue weighted by atomic mass is 9.93. The van der Waals surface area contributed by atoms with Gasteiger partial charge in [0.05, 0.1) is 12.0 Å². The van der Waals surface area contributed by atoms with Gasteiger partial charge in [-0.25, -0.2) is 4.98 Å². The summed E-state index contributed by atoms with van der Waals surface area (Å²) in [6.07, 6.45) is 5.28. The van der Waals surface area contributed by atoms with Gasteiger partial charge in [-0.15, -0.1) is 11.3 Å². The van der Waals surface area contributed by atoms with Crippen LogP contribution in [-0.2, 0) is 9.53 Å². The number of rotatable bonds is 5. The van der Waals surface area contributed by atoms with Crippen molar-refractivity contribution in [2.45, 2.75) is 56.6 Å². The van der Waals surface area contributed by atoms with E-state index >= 15 is 0 Å². The molecule has 1 aliphatic heterocycles. The van der Waals surface area contributed by atoms with Gasteiger partial charge < -0.3 is 15.2 Å². The van der Waals surface area contributed by atoms with E-state index in [0.717, 1.165) is 37.3 Å². The number of hydrogen-bond acceptors (Lipinski definition) is 5. The van der Waals surface area contributed by atoms with Crippen LogP contribution < -0.4 is 5.32 Å². The van der Waals surface area contributed by atoms with Crippen LogP contribution in [0.15, 0.2) is 5.38 Å². The van der Waals surface area contributed by atoms with E-state index in [4.69, 9.17) is 9.84 Å². The normalized spacial score (nSPS) is 23.5. The van der Waals surface area contributed by atoms with Gasteiger partial charge in [0, 0.05) is 12.0 Å². The van der Waals surface area contributed by atoms with Gasteiger partial charge in [0.15, 0.2) is 0 Å². The van der Waals surface area contributed by atoms with E-state index in [1.165, 1.54) is 11.3 Å². The summed E-state index contributed by atoms with van der Waals surface area (Å²) in [7, 11) is 0. The predicted octanol–water partition coefficient (Wildman–Crippen LogP) is 2.51. The average Bonchev–Trinajstić information content (AvgIpc) is 3.19. The monoisotopic (exact) mass is 324 g/mol. The highest BCUT2D eigenvalue weighted by Crippen LogP contribution is 2.34. The van der Waals surface area contributed by atoms with Crippen molar-refractivity contribution >= 4 is 23.2 Å². The van der Waals surface area contributed by atoms with Crippen molar-refractivity contribution in [2.24, 2.45) is 0 Å². The van der Waals surface area contributed by atoms with Crippen LogP contribution in [0, 0.1) is 0 Å². The third kappa shape index (κ3) is 3.30. The van der Waals surface area contributed by atoms with E-state index in [1.807, 2.05) is 0 Å². The zero-order valence-corrected chi connectivity index (χ0v) is 13.2. The van der Waals surface area contributed by atoms with Crippen molar-refractivity contribution in [2.75, 3.05) is 6.61 Å². The molecule has 6 nitrogen and oxygen atoms in total. The van der Waals surface area contributed by atoms with Crippen LogP contribution in [0.2, 0.25) is 0 Å². The molecule has 1 saturated carbocycles. The first-order valence-electron chi connectivity index (χ1n) is 7.69. The number of thiazole rings is 1. The number of carbonyl (C=O) groups is 2. The molecule has 3 rings (SSSR count). The minimum absolute atomic E-state index is 0.00557. The quantitative estimate of drug-likeness (QED) is 0.869. The molecule has 1 saturated heterocycles. The third-order valence-corrected chi connectivity index (χ3v) is 5.33. The highest BCUT2D eigenvalue weighted by atomic mass is 32.1. The number of aliphatic carboxylic acids is 1. The maximum absolute atomic E-state index is 12.4. The van der Waals surface area contributed by atoms with Crippen LogP contribution >= 0.6 is 11.3 Å². The number of ether oxygens (including phenoxy) is 1. The smallest absolute Gasteiger partial charge is 0.305 e. The lowest BCUT2D eigenvalue weighted by Gasteiger charge is -2.28. The second-order valence-corrected chi connectivity index (χ2v) is 6.97. The molecule has 2 heterocycles. The largest absolute Gasteiger partial charge is 0.481 e. The first kappa shape index (κ1) is 15.4. The minimum atomic E-state index is -0.875. The molecule has 2 fully saturated rings. The molecule has 0 spiro atoms. The second-order valence-electron chi connectivity index (χ2n) is 6.08. The molecule has 1 aromatic heterocycles. The van der Waals surface area contributed by atoms with E-state index in [0.29, 0.717) is 18.5 Å². The van der Waals surface area contributed by atoms with Crippen LogP contribution in [0.25, 0.3) is 0 Å². The Morgan fingerprint density at radius 1 is 1.41 bits per heavy atom. The van der Waals surface area contributed by atoms with E-state index in [1.54, 1.807) is 5.38 Å². The molecule has 2 N–H and O–H groups in total. The van der Waals surface area contributed by atoms with Crippen molar-refractivity contribution in [3.8, 4) is 0 Å². The SMILES string of the molecule is O=C(O)CC1(NC(=O)c2csc(C3CCCO3)n2)CCCC1. The van der Waals surface area contributed by atoms with Crippen molar-refractivity contribution in [3.63, 3.8) is 0 Å². The van der Waals surface area contributed by atoms with Crippen LogP contribution in [-0.4, -0.2) is 34.1 Å². The highest BCUT2D eigenvalue weighted by Gasteiger charge is 2.38. The summed E-state index contributed by atoms with van der Waals surface area (Å²) in [5.74, 6) is -1.15. The molecule has 22 heavy (non-hydrogen) atoms. The Hall–Kier alpha value is -1.47. The minimum Gasteiger partial charge on any atom is -0.481 e. The van der Waals surface area contributed by atoms with E-state index in [-0.39, 0.29) is 18.4 Å². The number of aromatic nitrogens is 1. The first-order chi connectivity index (χ1) is 10.6. The zero-order valence-electron chi connectivity index (χ0n) is 12.3. The van der Waals surface area contributed by atoms with Gasteiger partial charge in [0.2, 0.25) is 0 Å². The molecule has 0 bridgehead atoms. The average molecular weight is 324 g/mol. The topological polar surface area (TPSA) is 88.5 Å². The Morgan fingerprint density at radius 2 is 2.18 bits per heavy atom. The van der Waals surface area contributed by atoms with Crippen molar-refractivity contribution < 1.29 is 19.4 Å². The van der Waals surface area contributed by atoms with E-state index in [2.05, 4.69) is 10.3 Å². The van der Waals surface area contributed by atoms with Crippen molar-refractivity contribution in [1.82, 2.24) is 10.3 Å². The summed E-state index contributed by atoms with van der Waals surface area (Å²) in [5.41, 5.74) is -0.247. The molecule has 1 unspecified atom stereocenters. The molecule has 0 aromatic carbocycles. The number of hydrogen-bond donors (Lipinski definition) is 2. The van der Waals surface area contributed by atoms with Crippen LogP contribution in [0.1, 0.15) is 66.5 Å². The molecule has 1 aliphatic carbocycles. The molecule has 1 aromatic rings. The van der Waals surface area contributed by atoms with Crippen molar-refractivity contribution in [1.29, 1.82) is 0 Å². The molecule has 0 radical (unpaired) electrons. The molecule has 1 amide bonds. The Kier molecular flexibility index (Phi) is 4.44. The summed E-state index contributed by atoms with van der Waals surface area (Å²) in [5, 5.41) is 14.6. The zero-order chi connectivity index (χ0) is 15.6. The fourth-order valence-corrected chi connectivity index (χ4v) is 4.19. The first-order valence-corrected chi connectivity index (χ1v) is 8.57. The van der Waals surface area contributed by atoms with Crippen LogP contribution in [0.3, 0.4) is 0 Å². The molecule has 2 aliphatic rings. The van der Waals surface area contributed by atoms with E-state index < -0.39 is 11.5 Å². The Balaban J connectivity index is 1.69. The molecular weight excluding hydrogens is 304 g/mol. The van der Waals surface area contributed by atoms with Crippen molar-refractivity contribution in [3.05, 3.63) is 16.1 Å².